The highest BCUT2D eigenvalue weighted by molar-refractivity contribution is 6.04. The van der Waals surface area contributed by atoms with Crippen LogP contribution >= 0.6 is 0 Å². The Labute approximate surface area is 172 Å². The highest BCUT2D eigenvalue weighted by Gasteiger charge is 2.37. The van der Waals surface area contributed by atoms with Crippen LogP contribution in [0.25, 0.3) is 21.9 Å². The van der Waals surface area contributed by atoms with Gasteiger partial charge in [-0.2, -0.15) is 0 Å². The van der Waals surface area contributed by atoms with Crippen molar-refractivity contribution in [2.24, 2.45) is 0 Å². The molecule has 0 fully saturated rings. The van der Waals surface area contributed by atoms with E-state index in [1.165, 1.54) is 0 Å². The number of ether oxygens (including phenoxy) is 1. The minimum absolute atomic E-state index is 0.319. The van der Waals surface area contributed by atoms with Gasteiger partial charge in [0, 0.05) is 28.4 Å². The zero-order valence-corrected chi connectivity index (χ0v) is 17.1. The number of hydrogen-bond donors (Lipinski definition) is 2. The predicted molar refractivity (Wildman–Crippen MR) is 113 cm³/mol. The molecule has 4 aromatic rings. The van der Waals surface area contributed by atoms with E-state index in [1.54, 1.807) is 38.4 Å². The largest absolute Gasteiger partial charge is 0.464 e. The highest BCUT2D eigenvalue weighted by Crippen LogP contribution is 2.38. The van der Waals surface area contributed by atoms with Crippen LogP contribution in [0.1, 0.15) is 49.2 Å². The summed E-state index contributed by atoms with van der Waals surface area (Å²) < 4.78 is 11.0. The van der Waals surface area contributed by atoms with E-state index in [0.29, 0.717) is 28.2 Å². The minimum atomic E-state index is -1.09. The number of aromatic nitrogens is 2. The van der Waals surface area contributed by atoms with Crippen LogP contribution in [0.2, 0.25) is 0 Å². The molecule has 3 heterocycles. The second-order valence-corrected chi connectivity index (χ2v) is 8.56. The molecule has 0 amide bonds. The van der Waals surface area contributed by atoms with Gasteiger partial charge in [-0.1, -0.05) is 0 Å². The number of cyclic esters (lactones) is 1. The summed E-state index contributed by atoms with van der Waals surface area (Å²) in [5.74, 6) is 0.0580. The fourth-order valence-electron chi connectivity index (χ4n) is 3.92. The maximum Gasteiger partial charge on any atom is 0.339 e. The Balaban J connectivity index is 1.61. The maximum atomic E-state index is 12.0. The molecule has 0 saturated heterocycles. The fraction of sp³-hybridized carbons (Fsp3) is 0.261. The average Bonchev–Trinajstić information content (AvgIpc) is 3.22. The van der Waals surface area contributed by atoms with Gasteiger partial charge in [0.1, 0.15) is 11.2 Å². The number of esters is 1. The molecule has 0 radical (unpaired) electrons. The van der Waals surface area contributed by atoms with Gasteiger partial charge in [-0.05, 0) is 58.0 Å². The zero-order valence-electron chi connectivity index (χ0n) is 17.1. The lowest BCUT2D eigenvalue weighted by molar-refractivity contribution is 0.00954. The first-order chi connectivity index (χ1) is 14.1. The van der Waals surface area contributed by atoms with Gasteiger partial charge in [0.05, 0.1) is 28.3 Å². The van der Waals surface area contributed by atoms with Crippen LogP contribution in [-0.4, -0.2) is 21.0 Å². The number of hydrogen-bond acceptors (Lipinski definition) is 7. The van der Waals surface area contributed by atoms with Crippen molar-refractivity contribution >= 4 is 39.5 Å². The van der Waals surface area contributed by atoms with E-state index in [9.17, 15) is 9.90 Å². The number of carbonyl (C=O) groups excluding carboxylic acids is 1. The Kier molecular flexibility index (Phi) is 3.73. The molecule has 0 bridgehead atoms. The predicted octanol–water partition coefficient (Wildman–Crippen LogP) is 4.75. The number of anilines is 2. The number of nitrogens with one attached hydrogen (secondary N) is 1. The SMILES string of the molecule is CC(C)(O)c1cc2ccoc2c2cnc(Nc3ccc4c(c3)C(C)(C)OC4=O)nc12. The van der Waals surface area contributed by atoms with Crippen LogP contribution in [0.5, 0.6) is 0 Å². The lowest BCUT2D eigenvalue weighted by atomic mass is 9.94. The molecule has 5 rings (SSSR count). The quantitative estimate of drug-likeness (QED) is 0.476. The van der Waals surface area contributed by atoms with Gasteiger partial charge in [-0.3, -0.25) is 0 Å². The topological polar surface area (TPSA) is 97.5 Å². The van der Waals surface area contributed by atoms with Crippen molar-refractivity contribution in [1.82, 2.24) is 9.97 Å². The van der Waals surface area contributed by atoms with Crippen molar-refractivity contribution in [3.8, 4) is 0 Å². The Morgan fingerprint density at radius 3 is 2.73 bits per heavy atom. The van der Waals surface area contributed by atoms with Gasteiger partial charge in [-0.25, -0.2) is 14.8 Å². The molecule has 7 heteroatoms. The third kappa shape index (κ3) is 2.81. The zero-order chi connectivity index (χ0) is 21.3. The molecule has 0 aliphatic carbocycles. The van der Waals surface area contributed by atoms with Gasteiger partial charge in [0.15, 0.2) is 0 Å². The van der Waals surface area contributed by atoms with E-state index in [0.717, 1.165) is 22.0 Å². The summed E-state index contributed by atoms with van der Waals surface area (Å²) in [4.78, 5) is 21.1. The normalized spacial score (nSPS) is 15.4. The second kappa shape index (κ2) is 6.03. The van der Waals surface area contributed by atoms with Crippen molar-refractivity contribution < 1.29 is 19.1 Å². The van der Waals surface area contributed by atoms with Crippen molar-refractivity contribution in [3.63, 3.8) is 0 Å². The van der Waals surface area contributed by atoms with Crippen LogP contribution in [0.3, 0.4) is 0 Å². The standard InChI is InChI=1S/C23H21N3O4/c1-22(2,28)17-9-12-7-8-29-19(12)15-11-24-21(26-18(15)17)25-13-5-6-14-16(10-13)23(3,4)30-20(14)27/h5-11,28H,1-4H3,(H,24,25,26). The number of carbonyl (C=O) groups is 1. The summed E-state index contributed by atoms with van der Waals surface area (Å²) in [6, 6.07) is 9.15. The molecular weight excluding hydrogens is 382 g/mol. The van der Waals surface area contributed by atoms with Crippen LogP contribution in [0, 0.1) is 0 Å². The summed E-state index contributed by atoms with van der Waals surface area (Å²) in [7, 11) is 0. The van der Waals surface area contributed by atoms with Crippen molar-refractivity contribution in [2.45, 2.75) is 38.9 Å². The molecule has 152 valence electrons. The minimum Gasteiger partial charge on any atom is -0.464 e. The number of rotatable bonds is 3. The Morgan fingerprint density at radius 1 is 1.17 bits per heavy atom. The Bertz CT molecular complexity index is 1330. The van der Waals surface area contributed by atoms with E-state index in [1.807, 2.05) is 32.0 Å². The first-order valence-electron chi connectivity index (χ1n) is 9.68. The van der Waals surface area contributed by atoms with E-state index < -0.39 is 11.2 Å². The summed E-state index contributed by atoms with van der Waals surface area (Å²) in [5.41, 5.74) is 2.32. The molecule has 30 heavy (non-hydrogen) atoms. The molecule has 2 aromatic heterocycles. The van der Waals surface area contributed by atoms with E-state index in [2.05, 4.69) is 15.3 Å². The van der Waals surface area contributed by atoms with Gasteiger partial charge >= 0.3 is 5.97 Å². The molecular formula is C23H21N3O4. The molecule has 0 spiro atoms. The molecule has 2 aromatic carbocycles. The van der Waals surface area contributed by atoms with E-state index in [4.69, 9.17) is 9.15 Å². The molecule has 7 nitrogen and oxygen atoms in total. The van der Waals surface area contributed by atoms with Gasteiger partial charge in [0.2, 0.25) is 5.95 Å². The third-order valence-corrected chi connectivity index (χ3v) is 5.44. The highest BCUT2D eigenvalue weighted by atomic mass is 16.6. The Hall–Kier alpha value is -3.45. The number of nitrogens with zero attached hydrogens (tertiary/aromatic N) is 2. The average molecular weight is 403 g/mol. The number of aliphatic hydroxyl groups is 1. The third-order valence-electron chi connectivity index (χ3n) is 5.44. The molecule has 2 N–H and O–H groups in total. The molecule has 0 unspecified atom stereocenters. The summed E-state index contributed by atoms with van der Waals surface area (Å²) in [6.45, 7) is 7.17. The van der Waals surface area contributed by atoms with Crippen molar-refractivity contribution in [2.75, 3.05) is 5.32 Å². The lowest BCUT2D eigenvalue weighted by Crippen LogP contribution is -2.17. The van der Waals surface area contributed by atoms with Gasteiger partial charge in [-0.15, -0.1) is 0 Å². The molecule has 1 aliphatic rings. The summed E-state index contributed by atoms with van der Waals surface area (Å²) in [6.07, 6.45) is 3.30. The van der Waals surface area contributed by atoms with Crippen LogP contribution < -0.4 is 5.32 Å². The number of benzene rings is 2. The first-order valence-corrected chi connectivity index (χ1v) is 9.68. The first kappa shape index (κ1) is 18.6. The van der Waals surface area contributed by atoms with E-state index >= 15 is 0 Å². The molecule has 0 atom stereocenters. The van der Waals surface area contributed by atoms with Crippen LogP contribution in [0.4, 0.5) is 11.6 Å². The number of furan rings is 1. The van der Waals surface area contributed by atoms with Crippen LogP contribution in [0.15, 0.2) is 47.2 Å². The van der Waals surface area contributed by atoms with Gasteiger partial charge < -0.3 is 19.6 Å². The Morgan fingerprint density at radius 2 is 1.97 bits per heavy atom. The van der Waals surface area contributed by atoms with Crippen LogP contribution in [-0.2, 0) is 15.9 Å². The lowest BCUT2D eigenvalue weighted by Gasteiger charge is -2.20. The fourth-order valence-corrected chi connectivity index (χ4v) is 3.92. The smallest absolute Gasteiger partial charge is 0.339 e. The summed E-state index contributed by atoms with van der Waals surface area (Å²) >= 11 is 0. The summed E-state index contributed by atoms with van der Waals surface area (Å²) in [5, 5.41) is 15.5. The van der Waals surface area contributed by atoms with E-state index in [-0.39, 0.29) is 5.97 Å². The second-order valence-electron chi connectivity index (χ2n) is 8.56. The van der Waals surface area contributed by atoms with Crippen molar-refractivity contribution in [3.05, 3.63) is 59.5 Å². The van der Waals surface area contributed by atoms with Gasteiger partial charge in [0.25, 0.3) is 0 Å². The molecule has 1 aliphatic heterocycles. The maximum absolute atomic E-state index is 12.0. The molecule has 0 saturated carbocycles. The number of fused-ring (bicyclic) bond motifs is 4. The van der Waals surface area contributed by atoms with Crippen molar-refractivity contribution in [1.29, 1.82) is 0 Å². The monoisotopic (exact) mass is 403 g/mol.